The van der Waals surface area contributed by atoms with Gasteiger partial charge in [0.1, 0.15) is 4.47 Å². The van der Waals surface area contributed by atoms with Gasteiger partial charge < -0.3 is 5.21 Å². The zero-order chi connectivity index (χ0) is 6.85. The van der Waals surface area contributed by atoms with Gasteiger partial charge in [0.05, 0.1) is 6.20 Å². The Hall–Kier alpha value is -0.770. The molecule has 1 rings (SSSR count). The molecule has 0 radical (unpaired) electrons. The average Bonchev–Trinajstić information content (AvgIpc) is 1.83. The summed E-state index contributed by atoms with van der Waals surface area (Å²) in [6.07, 6.45) is 1.35. The number of nitrogen functional groups attached to an aromatic ring is 1. The molecule has 0 bridgehead atoms. The largest absolute Gasteiger partial charge is 0.711 e. The van der Waals surface area contributed by atoms with Crippen LogP contribution >= 0.6 is 15.9 Å². The third-order valence-corrected chi connectivity index (χ3v) is 1.62. The lowest BCUT2D eigenvalue weighted by molar-refractivity contribution is -0.590. The SMILES string of the molecule is Nc1c(Br)ccc[n+]1[O-]. The molecule has 0 spiro atoms. The normalized spacial score (nSPS) is 9.44. The van der Waals surface area contributed by atoms with Crippen LogP contribution in [-0.4, -0.2) is 0 Å². The Morgan fingerprint density at radius 3 is 2.78 bits per heavy atom. The third-order valence-electron chi connectivity index (χ3n) is 0.946. The number of pyridine rings is 1. The van der Waals surface area contributed by atoms with Crippen molar-refractivity contribution in [1.29, 1.82) is 0 Å². The van der Waals surface area contributed by atoms with Gasteiger partial charge >= 0.3 is 0 Å². The summed E-state index contributed by atoms with van der Waals surface area (Å²) in [7, 11) is 0. The van der Waals surface area contributed by atoms with E-state index >= 15 is 0 Å². The van der Waals surface area contributed by atoms with E-state index in [4.69, 9.17) is 5.73 Å². The molecule has 0 aromatic carbocycles. The van der Waals surface area contributed by atoms with E-state index < -0.39 is 0 Å². The van der Waals surface area contributed by atoms with Gasteiger partial charge in [-0.3, -0.25) is 5.73 Å². The molecule has 0 aliphatic carbocycles. The maximum absolute atomic E-state index is 10.6. The van der Waals surface area contributed by atoms with Crippen LogP contribution in [0.1, 0.15) is 0 Å². The van der Waals surface area contributed by atoms with Gasteiger partial charge in [0, 0.05) is 0 Å². The number of hydrogen-bond acceptors (Lipinski definition) is 2. The van der Waals surface area contributed by atoms with Gasteiger partial charge in [-0.1, -0.05) is 0 Å². The zero-order valence-electron chi connectivity index (χ0n) is 4.54. The van der Waals surface area contributed by atoms with Crippen LogP contribution in [0.5, 0.6) is 0 Å². The van der Waals surface area contributed by atoms with Gasteiger partial charge in [-0.15, -0.1) is 0 Å². The minimum atomic E-state index is 0.192. The van der Waals surface area contributed by atoms with Crippen molar-refractivity contribution in [2.75, 3.05) is 5.73 Å². The van der Waals surface area contributed by atoms with Crippen molar-refractivity contribution in [3.63, 3.8) is 0 Å². The molecule has 1 aromatic heterocycles. The van der Waals surface area contributed by atoms with Crippen molar-refractivity contribution in [1.82, 2.24) is 0 Å². The first kappa shape index (κ1) is 6.35. The van der Waals surface area contributed by atoms with Crippen LogP contribution in [0, 0.1) is 5.21 Å². The van der Waals surface area contributed by atoms with E-state index in [1.165, 1.54) is 6.20 Å². The molecule has 0 amide bonds. The first-order valence-corrected chi connectivity index (χ1v) is 3.14. The van der Waals surface area contributed by atoms with Crippen molar-refractivity contribution in [3.05, 3.63) is 28.0 Å². The molecule has 0 aliphatic rings. The Kier molecular flexibility index (Phi) is 1.57. The van der Waals surface area contributed by atoms with Crippen LogP contribution < -0.4 is 10.5 Å². The molecule has 4 heteroatoms. The molecule has 3 nitrogen and oxygen atoms in total. The second-order valence-electron chi connectivity index (χ2n) is 1.57. The number of anilines is 1. The van der Waals surface area contributed by atoms with Crippen molar-refractivity contribution in [2.24, 2.45) is 0 Å². The molecule has 48 valence electrons. The Bertz CT molecular complexity index is 206. The maximum atomic E-state index is 10.6. The highest BCUT2D eigenvalue weighted by Crippen LogP contribution is 2.12. The molecular weight excluding hydrogens is 184 g/mol. The second-order valence-corrected chi connectivity index (χ2v) is 2.42. The van der Waals surface area contributed by atoms with Crippen molar-refractivity contribution in [3.8, 4) is 0 Å². The van der Waals surface area contributed by atoms with Crippen LogP contribution in [0.4, 0.5) is 5.82 Å². The van der Waals surface area contributed by atoms with Gasteiger partial charge in [-0.25, -0.2) is 4.73 Å². The van der Waals surface area contributed by atoms with E-state index in [1.54, 1.807) is 12.1 Å². The second kappa shape index (κ2) is 2.23. The van der Waals surface area contributed by atoms with Crippen molar-refractivity contribution >= 4 is 21.7 Å². The molecule has 0 fully saturated rings. The third kappa shape index (κ3) is 1.13. The fourth-order valence-electron chi connectivity index (χ4n) is 0.477. The highest BCUT2D eigenvalue weighted by atomic mass is 79.9. The van der Waals surface area contributed by atoms with E-state index in [0.29, 0.717) is 9.20 Å². The number of rotatable bonds is 0. The summed E-state index contributed by atoms with van der Waals surface area (Å²) in [6, 6.07) is 3.33. The fraction of sp³-hybridized carbons (Fsp3) is 0. The lowest BCUT2D eigenvalue weighted by Gasteiger charge is -2.02. The number of halogens is 1. The molecule has 0 unspecified atom stereocenters. The first-order valence-electron chi connectivity index (χ1n) is 2.35. The average molecular weight is 189 g/mol. The summed E-state index contributed by atoms with van der Waals surface area (Å²) >= 11 is 3.10. The molecule has 1 aromatic rings. The quantitative estimate of drug-likeness (QED) is 0.481. The van der Waals surface area contributed by atoms with E-state index in [0.717, 1.165) is 0 Å². The molecule has 2 N–H and O–H groups in total. The minimum Gasteiger partial charge on any atom is -0.711 e. The topological polar surface area (TPSA) is 53.0 Å². The van der Waals surface area contributed by atoms with Crippen LogP contribution in [0.25, 0.3) is 0 Å². The van der Waals surface area contributed by atoms with Gasteiger partial charge in [-0.05, 0) is 28.1 Å². The summed E-state index contributed by atoms with van der Waals surface area (Å²) < 4.78 is 1.23. The molecule has 0 saturated carbocycles. The predicted molar refractivity (Wildman–Crippen MR) is 37.5 cm³/mol. The lowest BCUT2D eigenvalue weighted by atomic mass is 10.5. The van der Waals surface area contributed by atoms with Gasteiger partial charge in [-0.2, -0.15) is 0 Å². The Morgan fingerprint density at radius 2 is 2.33 bits per heavy atom. The molecule has 0 atom stereocenters. The van der Waals surface area contributed by atoms with Gasteiger partial charge in [0.2, 0.25) is 0 Å². The summed E-state index contributed by atoms with van der Waals surface area (Å²) in [4.78, 5) is 0. The van der Waals surface area contributed by atoms with Gasteiger partial charge in [0.15, 0.2) is 0 Å². The first-order chi connectivity index (χ1) is 4.22. The summed E-state index contributed by atoms with van der Waals surface area (Å²) in [5, 5.41) is 10.6. The Labute approximate surface area is 60.8 Å². The zero-order valence-corrected chi connectivity index (χ0v) is 6.13. The van der Waals surface area contributed by atoms with Crippen LogP contribution in [0.15, 0.2) is 22.8 Å². The molecule has 1 heterocycles. The smallest absolute Gasteiger partial charge is 0.289 e. The number of hydrogen-bond donors (Lipinski definition) is 1. The lowest BCUT2D eigenvalue weighted by Crippen LogP contribution is -2.29. The van der Waals surface area contributed by atoms with Crippen molar-refractivity contribution in [2.45, 2.75) is 0 Å². The molecule has 0 aliphatic heterocycles. The summed E-state index contributed by atoms with van der Waals surface area (Å²) in [5.41, 5.74) is 5.29. The number of nitrogens with two attached hydrogens (primary N) is 1. The van der Waals surface area contributed by atoms with Gasteiger partial charge in [0.25, 0.3) is 5.82 Å². The summed E-state index contributed by atoms with van der Waals surface area (Å²) in [6.45, 7) is 0. The highest BCUT2D eigenvalue weighted by molar-refractivity contribution is 9.10. The Morgan fingerprint density at radius 1 is 1.67 bits per heavy atom. The van der Waals surface area contributed by atoms with Crippen molar-refractivity contribution < 1.29 is 4.73 Å². The van der Waals surface area contributed by atoms with Crippen LogP contribution in [0.3, 0.4) is 0 Å². The van der Waals surface area contributed by atoms with E-state index in [9.17, 15) is 5.21 Å². The maximum Gasteiger partial charge on any atom is 0.289 e. The highest BCUT2D eigenvalue weighted by Gasteiger charge is 1.99. The monoisotopic (exact) mass is 188 g/mol. The molecule has 9 heavy (non-hydrogen) atoms. The Balaban J connectivity index is 3.25. The fourth-order valence-corrected chi connectivity index (χ4v) is 0.804. The molecular formula is C5H5BrN2O. The number of aromatic nitrogens is 1. The predicted octanol–water partition coefficient (Wildman–Crippen LogP) is 0.665. The van der Waals surface area contributed by atoms with Crippen LogP contribution in [-0.2, 0) is 0 Å². The van der Waals surface area contributed by atoms with Crippen LogP contribution in [0.2, 0.25) is 0 Å². The van der Waals surface area contributed by atoms with E-state index in [2.05, 4.69) is 15.9 Å². The molecule has 0 saturated heterocycles. The standard InChI is InChI=1S/C5H5BrN2O/c6-4-2-1-3-8(9)5(4)7/h1-3H,7H2. The minimum absolute atomic E-state index is 0.192. The summed E-state index contributed by atoms with van der Waals surface area (Å²) in [5.74, 6) is 0.192. The van der Waals surface area contributed by atoms with E-state index in [-0.39, 0.29) is 5.82 Å². The van der Waals surface area contributed by atoms with E-state index in [1.807, 2.05) is 0 Å². The number of nitrogens with zero attached hydrogens (tertiary/aromatic N) is 1.